The number of carbonyl (C=O) groups is 1. The van der Waals surface area contributed by atoms with Crippen LogP contribution >= 0.6 is 0 Å². The van der Waals surface area contributed by atoms with Crippen molar-refractivity contribution in [3.8, 4) is 0 Å². The smallest absolute Gasteiger partial charge is 0.169 e. The fourth-order valence-electron chi connectivity index (χ4n) is 6.00. The zero-order chi connectivity index (χ0) is 16.0. The van der Waals surface area contributed by atoms with Gasteiger partial charge in [0.1, 0.15) is 5.78 Å². The summed E-state index contributed by atoms with van der Waals surface area (Å²) in [5.41, 5.74) is 4.52. The summed E-state index contributed by atoms with van der Waals surface area (Å²) in [6.45, 7) is 0. The van der Waals surface area contributed by atoms with E-state index in [9.17, 15) is 4.79 Å². The molecule has 0 radical (unpaired) electrons. The Hall–Kier alpha value is -0.930. The standard InChI is InChI=1S/C20H28O3/c1-22-19(23-2)20-12-11-15-14-6-4-3-5-13(14)7-8-16(15)17(20)9-10-18(20)21/h11,16-17,19H,3-10,12H2,1-2H3/t16-,17+,20-/m1/s1. The molecule has 4 aliphatic carbocycles. The van der Waals surface area contributed by atoms with Crippen LogP contribution in [0.3, 0.4) is 0 Å². The Morgan fingerprint density at radius 3 is 2.65 bits per heavy atom. The Labute approximate surface area is 139 Å². The Kier molecular flexibility index (Phi) is 3.97. The maximum absolute atomic E-state index is 12.8. The average molecular weight is 316 g/mol. The number of Topliss-reactive ketones (excluding diaryl/α,β-unsaturated/α-hetero) is 1. The van der Waals surface area contributed by atoms with Crippen LogP contribution < -0.4 is 0 Å². The van der Waals surface area contributed by atoms with E-state index in [1.165, 1.54) is 38.5 Å². The highest BCUT2D eigenvalue weighted by molar-refractivity contribution is 5.88. The summed E-state index contributed by atoms with van der Waals surface area (Å²) in [5, 5.41) is 0. The highest BCUT2D eigenvalue weighted by Gasteiger charge is 2.59. The van der Waals surface area contributed by atoms with E-state index >= 15 is 0 Å². The summed E-state index contributed by atoms with van der Waals surface area (Å²) in [5.74, 6) is 1.30. The lowest BCUT2D eigenvalue weighted by atomic mass is 9.58. The van der Waals surface area contributed by atoms with Crippen molar-refractivity contribution in [2.45, 2.75) is 64.1 Å². The Bertz CT molecular complexity index is 569. The molecule has 0 heterocycles. The van der Waals surface area contributed by atoms with E-state index in [0.717, 1.165) is 12.8 Å². The number of ether oxygens (including phenoxy) is 2. The number of rotatable bonds is 3. The maximum Gasteiger partial charge on any atom is 0.169 e. The number of methoxy groups -OCH3 is 2. The summed E-state index contributed by atoms with van der Waals surface area (Å²) >= 11 is 0. The summed E-state index contributed by atoms with van der Waals surface area (Å²) in [6.07, 6.45) is 12.2. The molecule has 23 heavy (non-hydrogen) atoms. The van der Waals surface area contributed by atoms with Crippen LogP contribution in [-0.2, 0) is 14.3 Å². The molecule has 1 fully saturated rings. The molecular weight excluding hydrogens is 288 g/mol. The summed E-state index contributed by atoms with van der Waals surface area (Å²) in [6, 6.07) is 0. The molecular formula is C20H28O3. The van der Waals surface area contributed by atoms with Gasteiger partial charge in [-0.1, -0.05) is 11.6 Å². The summed E-state index contributed by atoms with van der Waals surface area (Å²) in [4.78, 5) is 12.8. The van der Waals surface area contributed by atoms with Crippen LogP contribution in [-0.4, -0.2) is 26.3 Å². The molecule has 0 aliphatic heterocycles. The zero-order valence-electron chi connectivity index (χ0n) is 14.4. The third-order valence-corrected chi connectivity index (χ3v) is 6.94. The molecule has 0 saturated heterocycles. The first-order valence-corrected chi connectivity index (χ1v) is 9.22. The number of hydrogen-bond donors (Lipinski definition) is 0. The zero-order valence-corrected chi connectivity index (χ0v) is 14.4. The number of carbonyl (C=O) groups excluding carboxylic acids is 1. The molecule has 0 spiro atoms. The minimum atomic E-state index is -0.440. The first-order valence-electron chi connectivity index (χ1n) is 9.22. The second-order valence-corrected chi connectivity index (χ2v) is 7.71. The molecule has 0 unspecified atom stereocenters. The van der Waals surface area contributed by atoms with Gasteiger partial charge in [-0.05, 0) is 74.3 Å². The first-order chi connectivity index (χ1) is 11.2. The van der Waals surface area contributed by atoms with Crippen LogP contribution in [0.5, 0.6) is 0 Å². The number of fused-ring (bicyclic) bond motifs is 4. The van der Waals surface area contributed by atoms with Gasteiger partial charge in [0.05, 0.1) is 5.41 Å². The van der Waals surface area contributed by atoms with Crippen LogP contribution in [0.25, 0.3) is 0 Å². The van der Waals surface area contributed by atoms with Gasteiger partial charge in [-0.25, -0.2) is 0 Å². The SMILES string of the molecule is COC(OC)[C@]12CC=C3C4=C(CCCC4)CC[C@H]3[C@@H]1CCC2=O. The van der Waals surface area contributed by atoms with Crippen LogP contribution in [0, 0.1) is 17.3 Å². The molecule has 3 nitrogen and oxygen atoms in total. The molecule has 4 aliphatic rings. The minimum absolute atomic E-state index is 0.356. The second-order valence-electron chi connectivity index (χ2n) is 7.71. The predicted molar refractivity (Wildman–Crippen MR) is 88.9 cm³/mol. The minimum Gasteiger partial charge on any atom is -0.355 e. The second kappa shape index (κ2) is 5.86. The quantitative estimate of drug-likeness (QED) is 0.733. The van der Waals surface area contributed by atoms with Gasteiger partial charge in [-0.2, -0.15) is 0 Å². The average Bonchev–Trinajstić information content (AvgIpc) is 2.93. The molecule has 4 rings (SSSR count). The lowest BCUT2D eigenvalue weighted by Gasteiger charge is -2.48. The molecule has 0 aromatic rings. The van der Waals surface area contributed by atoms with Crippen molar-refractivity contribution in [3.05, 3.63) is 22.8 Å². The van der Waals surface area contributed by atoms with Crippen molar-refractivity contribution in [2.24, 2.45) is 17.3 Å². The lowest BCUT2D eigenvalue weighted by Crippen LogP contribution is -2.50. The van der Waals surface area contributed by atoms with Gasteiger partial charge in [0.2, 0.25) is 0 Å². The van der Waals surface area contributed by atoms with E-state index in [4.69, 9.17) is 9.47 Å². The van der Waals surface area contributed by atoms with Crippen LogP contribution in [0.4, 0.5) is 0 Å². The van der Waals surface area contributed by atoms with Crippen LogP contribution in [0.2, 0.25) is 0 Å². The predicted octanol–water partition coefficient (Wildman–Crippen LogP) is 4.18. The number of hydrogen-bond acceptors (Lipinski definition) is 3. The van der Waals surface area contributed by atoms with E-state index in [-0.39, 0.29) is 0 Å². The van der Waals surface area contributed by atoms with Gasteiger partial charge in [0.25, 0.3) is 0 Å². The normalized spacial score (nSPS) is 36.7. The van der Waals surface area contributed by atoms with Gasteiger partial charge in [0, 0.05) is 20.6 Å². The molecule has 0 bridgehead atoms. The van der Waals surface area contributed by atoms with Gasteiger partial charge >= 0.3 is 0 Å². The van der Waals surface area contributed by atoms with Crippen molar-refractivity contribution in [2.75, 3.05) is 14.2 Å². The Balaban J connectivity index is 1.76. The first kappa shape index (κ1) is 15.6. The van der Waals surface area contributed by atoms with Crippen LogP contribution in [0.1, 0.15) is 57.8 Å². The Morgan fingerprint density at radius 2 is 1.87 bits per heavy atom. The number of ketones is 1. The highest BCUT2D eigenvalue weighted by atomic mass is 16.7. The maximum atomic E-state index is 12.8. The molecule has 0 amide bonds. The summed E-state index contributed by atoms with van der Waals surface area (Å²) < 4.78 is 11.2. The van der Waals surface area contributed by atoms with Gasteiger partial charge in [-0.15, -0.1) is 0 Å². The molecule has 126 valence electrons. The number of allylic oxidation sites excluding steroid dienone is 4. The molecule has 3 heteroatoms. The van der Waals surface area contributed by atoms with E-state index in [0.29, 0.717) is 24.0 Å². The van der Waals surface area contributed by atoms with Gasteiger partial charge < -0.3 is 9.47 Å². The molecule has 0 aromatic carbocycles. The summed E-state index contributed by atoms with van der Waals surface area (Å²) in [7, 11) is 3.35. The lowest BCUT2D eigenvalue weighted by molar-refractivity contribution is -0.196. The van der Waals surface area contributed by atoms with Crippen LogP contribution in [0.15, 0.2) is 22.8 Å². The molecule has 0 aromatic heterocycles. The monoisotopic (exact) mass is 316 g/mol. The topological polar surface area (TPSA) is 35.5 Å². The third-order valence-electron chi connectivity index (χ3n) is 6.94. The van der Waals surface area contributed by atoms with E-state index in [1.54, 1.807) is 30.9 Å². The van der Waals surface area contributed by atoms with Crippen molar-refractivity contribution in [3.63, 3.8) is 0 Å². The third kappa shape index (κ3) is 2.12. The fraction of sp³-hybridized carbons (Fsp3) is 0.750. The highest BCUT2D eigenvalue weighted by Crippen LogP contribution is 2.59. The van der Waals surface area contributed by atoms with Crippen molar-refractivity contribution >= 4 is 5.78 Å². The van der Waals surface area contributed by atoms with Crippen molar-refractivity contribution in [1.82, 2.24) is 0 Å². The van der Waals surface area contributed by atoms with E-state index in [2.05, 4.69) is 6.08 Å². The van der Waals surface area contributed by atoms with Gasteiger partial charge in [-0.3, -0.25) is 4.79 Å². The van der Waals surface area contributed by atoms with Crippen molar-refractivity contribution in [1.29, 1.82) is 0 Å². The van der Waals surface area contributed by atoms with E-state index in [1.807, 2.05) is 0 Å². The van der Waals surface area contributed by atoms with Gasteiger partial charge in [0.15, 0.2) is 6.29 Å². The fourth-order valence-corrected chi connectivity index (χ4v) is 6.00. The molecule has 1 saturated carbocycles. The Morgan fingerprint density at radius 1 is 1.09 bits per heavy atom. The molecule has 0 N–H and O–H groups in total. The molecule has 3 atom stereocenters. The van der Waals surface area contributed by atoms with Crippen molar-refractivity contribution < 1.29 is 14.3 Å². The van der Waals surface area contributed by atoms with E-state index < -0.39 is 11.7 Å². The largest absolute Gasteiger partial charge is 0.355 e.